The van der Waals surface area contributed by atoms with Crippen molar-refractivity contribution in [1.29, 1.82) is 0 Å². The molecule has 0 aliphatic carbocycles. The number of nitrogens with one attached hydrogen (secondary N) is 1. The number of unbranched alkanes of at least 4 members (excludes halogenated alkanes) is 1. The zero-order valence-corrected chi connectivity index (χ0v) is 13.2. The summed E-state index contributed by atoms with van der Waals surface area (Å²) in [4.78, 5) is 4.75. The molecule has 116 valence electrons. The molecule has 0 saturated heterocycles. The van der Waals surface area contributed by atoms with Gasteiger partial charge in [-0.25, -0.2) is 4.98 Å². The maximum absolute atomic E-state index is 5.51. The van der Waals surface area contributed by atoms with Gasteiger partial charge in [0.05, 0.1) is 23.8 Å². The number of benzene rings is 2. The molecular weight excluding hydrogens is 274 g/mol. The first-order valence-electron chi connectivity index (χ1n) is 7.44. The van der Waals surface area contributed by atoms with Crippen molar-refractivity contribution in [2.45, 2.75) is 19.8 Å². The average molecular weight is 297 g/mol. The minimum Gasteiger partial charge on any atom is -0.495 e. The lowest BCUT2D eigenvalue weighted by Gasteiger charge is -2.14. The molecule has 0 aliphatic rings. The van der Waals surface area contributed by atoms with Gasteiger partial charge < -0.3 is 16.2 Å². The summed E-state index contributed by atoms with van der Waals surface area (Å²) in [5.41, 5.74) is 3.06. The van der Waals surface area contributed by atoms with Crippen molar-refractivity contribution in [3.63, 3.8) is 0 Å². The molecule has 0 radical (unpaired) electrons. The Kier molecular flexibility index (Phi) is 5.17. The van der Waals surface area contributed by atoms with Crippen LogP contribution in [0.2, 0.25) is 0 Å². The van der Waals surface area contributed by atoms with Gasteiger partial charge in [-0.3, -0.25) is 0 Å². The van der Waals surface area contributed by atoms with E-state index in [1.54, 1.807) is 7.11 Å². The van der Waals surface area contributed by atoms with Crippen molar-refractivity contribution in [3.05, 3.63) is 42.5 Å². The fraction of sp³-hybridized carbons (Fsp3) is 0.278. The van der Waals surface area contributed by atoms with Crippen LogP contribution in [-0.4, -0.2) is 18.6 Å². The smallest absolute Gasteiger partial charge is 0.142 e. The number of ether oxygens (including phenoxy) is 1. The Morgan fingerprint density at radius 3 is 2.68 bits per heavy atom. The minimum absolute atomic E-state index is 0. The molecule has 0 fully saturated rings. The molecule has 3 rings (SSSR count). The summed E-state index contributed by atoms with van der Waals surface area (Å²) in [6.07, 6.45) is 2.31. The van der Waals surface area contributed by atoms with E-state index in [4.69, 9.17) is 9.72 Å². The molecule has 0 saturated carbocycles. The number of methoxy groups -OCH3 is 1. The largest absolute Gasteiger partial charge is 0.495 e. The van der Waals surface area contributed by atoms with Crippen LogP contribution in [0.3, 0.4) is 0 Å². The van der Waals surface area contributed by atoms with E-state index in [-0.39, 0.29) is 6.15 Å². The normalized spacial score (nSPS) is 10.5. The summed E-state index contributed by atoms with van der Waals surface area (Å²) < 4.78 is 5.51. The summed E-state index contributed by atoms with van der Waals surface area (Å²) in [7, 11) is 1.71. The van der Waals surface area contributed by atoms with E-state index in [9.17, 15) is 0 Å². The summed E-state index contributed by atoms with van der Waals surface area (Å²) >= 11 is 0. The Balaban J connectivity index is 0.00000176. The molecular formula is C18H23N3O. The molecule has 0 amide bonds. The lowest BCUT2D eigenvalue weighted by molar-refractivity contribution is 0.417. The third-order valence-electron chi connectivity index (χ3n) is 3.71. The van der Waals surface area contributed by atoms with Crippen LogP contribution >= 0.6 is 0 Å². The van der Waals surface area contributed by atoms with E-state index in [1.807, 2.05) is 30.3 Å². The van der Waals surface area contributed by atoms with E-state index < -0.39 is 0 Å². The molecule has 1 heterocycles. The molecule has 0 bridgehead atoms. The van der Waals surface area contributed by atoms with Gasteiger partial charge in [0, 0.05) is 17.3 Å². The number of para-hydroxylation sites is 1. The van der Waals surface area contributed by atoms with Crippen LogP contribution in [-0.2, 0) is 0 Å². The van der Waals surface area contributed by atoms with Gasteiger partial charge in [-0.1, -0.05) is 31.5 Å². The highest BCUT2D eigenvalue weighted by Crippen LogP contribution is 2.34. The number of pyridine rings is 1. The Hall–Kier alpha value is -2.33. The van der Waals surface area contributed by atoms with E-state index in [0.717, 1.165) is 46.2 Å². The van der Waals surface area contributed by atoms with Gasteiger partial charge >= 0.3 is 0 Å². The van der Waals surface area contributed by atoms with E-state index in [0.29, 0.717) is 0 Å². The van der Waals surface area contributed by atoms with Gasteiger partial charge in [0.25, 0.3) is 0 Å². The molecule has 4 heteroatoms. The van der Waals surface area contributed by atoms with Crippen LogP contribution in [0.15, 0.2) is 42.5 Å². The number of hydrogen-bond acceptors (Lipinski definition) is 4. The van der Waals surface area contributed by atoms with Crippen molar-refractivity contribution < 1.29 is 4.74 Å². The van der Waals surface area contributed by atoms with Crippen LogP contribution in [0, 0.1) is 0 Å². The summed E-state index contributed by atoms with van der Waals surface area (Å²) in [6.45, 7) is 3.13. The highest BCUT2D eigenvalue weighted by molar-refractivity contribution is 6.01. The minimum atomic E-state index is 0. The number of fused-ring (bicyclic) bond motifs is 2. The molecule has 4 N–H and O–H groups in total. The van der Waals surface area contributed by atoms with E-state index in [1.165, 1.54) is 6.42 Å². The molecule has 0 atom stereocenters. The van der Waals surface area contributed by atoms with Crippen LogP contribution in [0.5, 0.6) is 5.75 Å². The Morgan fingerprint density at radius 1 is 1.09 bits per heavy atom. The van der Waals surface area contributed by atoms with Crippen LogP contribution < -0.4 is 16.2 Å². The third kappa shape index (κ3) is 2.97. The van der Waals surface area contributed by atoms with Crippen molar-refractivity contribution >= 4 is 27.5 Å². The first-order chi connectivity index (χ1) is 10.3. The van der Waals surface area contributed by atoms with Gasteiger partial charge in [-0.2, -0.15) is 0 Å². The third-order valence-corrected chi connectivity index (χ3v) is 3.71. The first-order valence-corrected chi connectivity index (χ1v) is 7.44. The van der Waals surface area contributed by atoms with Crippen molar-refractivity contribution in [2.75, 3.05) is 19.0 Å². The molecule has 0 spiro atoms. The zero-order valence-electron chi connectivity index (χ0n) is 13.2. The second-order valence-corrected chi connectivity index (χ2v) is 5.17. The van der Waals surface area contributed by atoms with Crippen molar-refractivity contribution in [3.8, 4) is 5.75 Å². The van der Waals surface area contributed by atoms with Gasteiger partial charge in [-0.05, 0) is 30.7 Å². The van der Waals surface area contributed by atoms with Gasteiger partial charge in [0.2, 0.25) is 0 Å². The number of anilines is 1. The number of hydrogen-bond donors (Lipinski definition) is 2. The lowest BCUT2D eigenvalue weighted by Crippen LogP contribution is -2.03. The monoisotopic (exact) mass is 297 g/mol. The molecule has 2 aromatic carbocycles. The summed E-state index contributed by atoms with van der Waals surface area (Å²) in [5, 5.41) is 5.77. The van der Waals surface area contributed by atoms with Gasteiger partial charge in [0.1, 0.15) is 5.75 Å². The van der Waals surface area contributed by atoms with Crippen molar-refractivity contribution in [2.24, 2.45) is 0 Å². The maximum Gasteiger partial charge on any atom is 0.142 e. The fourth-order valence-electron chi connectivity index (χ4n) is 2.57. The van der Waals surface area contributed by atoms with E-state index in [2.05, 4.69) is 24.4 Å². The molecule has 0 unspecified atom stereocenters. The quantitative estimate of drug-likeness (QED) is 0.525. The molecule has 0 aliphatic heterocycles. The Bertz CT molecular complexity index is 771. The second kappa shape index (κ2) is 7.09. The second-order valence-electron chi connectivity index (χ2n) is 5.17. The highest BCUT2D eigenvalue weighted by Gasteiger charge is 2.10. The van der Waals surface area contributed by atoms with Crippen LogP contribution in [0.4, 0.5) is 5.69 Å². The zero-order chi connectivity index (χ0) is 14.7. The number of rotatable bonds is 5. The first kappa shape index (κ1) is 16.0. The van der Waals surface area contributed by atoms with Gasteiger partial charge in [0.15, 0.2) is 0 Å². The topological polar surface area (TPSA) is 69.2 Å². The average Bonchev–Trinajstić information content (AvgIpc) is 2.53. The summed E-state index contributed by atoms with van der Waals surface area (Å²) in [5.74, 6) is 0.871. The predicted molar refractivity (Wildman–Crippen MR) is 94.2 cm³/mol. The summed E-state index contributed by atoms with van der Waals surface area (Å²) in [6, 6.07) is 14.4. The molecule has 1 aromatic heterocycles. The maximum atomic E-state index is 5.51. The van der Waals surface area contributed by atoms with Crippen LogP contribution in [0.1, 0.15) is 19.8 Å². The molecule has 4 nitrogen and oxygen atoms in total. The van der Waals surface area contributed by atoms with Crippen molar-refractivity contribution in [1.82, 2.24) is 11.1 Å². The molecule has 3 aromatic rings. The highest BCUT2D eigenvalue weighted by atomic mass is 16.5. The van der Waals surface area contributed by atoms with Gasteiger partial charge in [-0.15, -0.1) is 0 Å². The van der Waals surface area contributed by atoms with E-state index >= 15 is 0 Å². The molecule has 22 heavy (non-hydrogen) atoms. The Morgan fingerprint density at radius 2 is 1.91 bits per heavy atom. The predicted octanol–water partition coefficient (Wildman–Crippen LogP) is 4.77. The fourth-order valence-corrected chi connectivity index (χ4v) is 2.57. The lowest BCUT2D eigenvalue weighted by atomic mass is 10.1. The number of nitrogens with zero attached hydrogens (tertiary/aromatic N) is 1. The SMILES string of the molecule is CCCCNc1c(OC)ccc2nc3ccccc3cc12.N. The standard InChI is InChI=1S/C18H20N2O.H3N/c1-3-4-11-19-18-14-12-13-7-5-6-8-15(13)20-16(14)9-10-17(18)21-2;/h5-10,12,19H,3-4,11H2,1-2H3;1H3. The number of aromatic nitrogens is 1. The van der Waals surface area contributed by atoms with Crippen LogP contribution in [0.25, 0.3) is 21.8 Å². The Labute approximate surface area is 131 Å².